The van der Waals surface area contributed by atoms with Crippen molar-refractivity contribution in [3.8, 4) is 0 Å². The van der Waals surface area contributed by atoms with E-state index in [9.17, 15) is 10.1 Å². The fourth-order valence-corrected chi connectivity index (χ4v) is 1.00. The number of rotatable bonds is 3. The van der Waals surface area contributed by atoms with E-state index in [1.807, 2.05) is 6.07 Å². The lowest BCUT2D eigenvalue weighted by atomic mass is 10.4. The molecule has 0 heterocycles. The highest BCUT2D eigenvalue weighted by molar-refractivity contribution is 8.01. The molecule has 4 nitrogen and oxygen atoms in total. The van der Waals surface area contributed by atoms with Crippen molar-refractivity contribution in [1.29, 1.82) is 0 Å². The molecule has 0 amide bonds. The van der Waals surface area contributed by atoms with Crippen LogP contribution in [0.3, 0.4) is 0 Å². The molecule has 1 aromatic rings. The van der Waals surface area contributed by atoms with E-state index in [1.54, 1.807) is 24.3 Å². The molecule has 0 aromatic heterocycles. The second kappa shape index (κ2) is 3.82. The molecule has 1 aromatic carbocycles. The third kappa shape index (κ3) is 2.90. The molecule has 1 rings (SSSR count). The smallest absolute Gasteiger partial charge is 0.00385 e. The SMILES string of the molecule is O=[N+]([O-])[N-]Sc1ccccc1. The van der Waals surface area contributed by atoms with E-state index in [4.69, 9.17) is 0 Å². The first-order chi connectivity index (χ1) is 5.29. The Morgan fingerprint density at radius 3 is 2.55 bits per heavy atom. The van der Waals surface area contributed by atoms with Gasteiger partial charge in [-0.05, 0) is 22.1 Å². The van der Waals surface area contributed by atoms with E-state index in [-0.39, 0.29) is 0 Å². The van der Waals surface area contributed by atoms with Crippen molar-refractivity contribution in [2.75, 3.05) is 0 Å². The summed E-state index contributed by atoms with van der Waals surface area (Å²) in [6, 6.07) is 8.97. The van der Waals surface area contributed by atoms with Crippen molar-refractivity contribution < 1.29 is 5.03 Å². The van der Waals surface area contributed by atoms with Crippen LogP contribution in [0.5, 0.6) is 0 Å². The Morgan fingerprint density at radius 1 is 1.36 bits per heavy atom. The van der Waals surface area contributed by atoms with Gasteiger partial charge in [-0.2, -0.15) is 11.9 Å². The minimum atomic E-state index is -0.711. The minimum Gasteiger partial charge on any atom is -0.316 e. The zero-order valence-corrected chi connectivity index (χ0v) is 6.32. The molecule has 0 aliphatic rings. The van der Waals surface area contributed by atoms with Crippen LogP contribution < -0.4 is 0 Å². The van der Waals surface area contributed by atoms with E-state index in [1.165, 1.54) is 0 Å². The molecule has 5 heteroatoms. The number of hydrogen-bond donors (Lipinski definition) is 0. The highest BCUT2D eigenvalue weighted by Crippen LogP contribution is 2.22. The van der Waals surface area contributed by atoms with Gasteiger partial charge in [0.05, 0.1) is 0 Å². The van der Waals surface area contributed by atoms with E-state index >= 15 is 0 Å². The van der Waals surface area contributed by atoms with Crippen LogP contribution in [-0.4, -0.2) is 5.03 Å². The third-order valence-electron chi connectivity index (χ3n) is 0.956. The van der Waals surface area contributed by atoms with E-state index in [0.29, 0.717) is 0 Å². The van der Waals surface area contributed by atoms with Gasteiger partial charge in [0.15, 0.2) is 0 Å². The second-order valence-corrected chi connectivity index (χ2v) is 2.54. The van der Waals surface area contributed by atoms with Gasteiger partial charge in [-0.1, -0.05) is 18.2 Å². The molecule has 58 valence electrons. The fraction of sp³-hybridized carbons (Fsp3) is 0. The first kappa shape index (κ1) is 7.87. The first-order valence-electron chi connectivity index (χ1n) is 2.86. The number of hydrogen-bond acceptors (Lipinski definition) is 3. The van der Waals surface area contributed by atoms with Crippen molar-refractivity contribution >= 4 is 11.9 Å². The fourth-order valence-electron chi connectivity index (χ4n) is 0.562. The Morgan fingerprint density at radius 2 is 2.00 bits per heavy atom. The molecule has 0 atom stereocenters. The Bertz CT molecular complexity index is 240. The van der Waals surface area contributed by atoms with Crippen LogP contribution in [0, 0.1) is 10.1 Å². The van der Waals surface area contributed by atoms with Crippen molar-refractivity contribution in [3.63, 3.8) is 0 Å². The summed E-state index contributed by atoms with van der Waals surface area (Å²) in [6.45, 7) is 0. The topological polar surface area (TPSA) is 57.2 Å². The zero-order chi connectivity index (χ0) is 8.10. The van der Waals surface area contributed by atoms with Crippen LogP contribution in [0.2, 0.25) is 0 Å². The summed E-state index contributed by atoms with van der Waals surface area (Å²) in [5, 5.41) is 9.08. The third-order valence-corrected chi connectivity index (χ3v) is 1.65. The highest BCUT2D eigenvalue weighted by atomic mass is 32.2. The number of nitro groups is 1. The Labute approximate surface area is 67.9 Å². The van der Waals surface area contributed by atoms with Crippen LogP contribution >= 0.6 is 11.9 Å². The summed E-state index contributed by atoms with van der Waals surface area (Å²) in [5.74, 6) is 0. The van der Waals surface area contributed by atoms with Gasteiger partial charge in [-0.25, -0.2) is 0 Å². The molecular formula is C6H5N2O2S-. The van der Waals surface area contributed by atoms with E-state index in [0.717, 1.165) is 16.8 Å². The molecule has 0 fully saturated rings. The quantitative estimate of drug-likeness (QED) is 0.396. The molecule has 0 radical (unpaired) electrons. The Balaban J connectivity index is 2.45. The lowest BCUT2D eigenvalue weighted by molar-refractivity contribution is -0.411. The van der Waals surface area contributed by atoms with Crippen LogP contribution in [-0.2, 0) is 0 Å². The molecule has 0 N–H and O–H groups in total. The molecule has 0 bridgehead atoms. The van der Waals surface area contributed by atoms with Crippen molar-refractivity contribution in [2.24, 2.45) is 0 Å². The van der Waals surface area contributed by atoms with E-state index < -0.39 is 5.03 Å². The average Bonchev–Trinajstić information content (AvgIpc) is 2.03. The predicted molar refractivity (Wildman–Crippen MR) is 42.7 cm³/mol. The predicted octanol–water partition coefficient (Wildman–Crippen LogP) is 2.26. The van der Waals surface area contributed by atoms with Gasteiger partial charge in [0.25, 0.3) is 0 Å². The number of benzene rings is 1. The van der Waals surface area contributed by atoms with Gasteiger partial charge in [0.2, 0.25) is 0 Å². The van der Waals surface area contributed by atoms with Crippen LogP contribution in [0.15, 0.2) is 35.2 Å². The maximum absolute atomic E-state index is 9.79. The summed E-state index contributed by atoms with van der Waals surface area (Å²) in [5.41, 5.74) is 0. The lowest BCUT2D eigenvalue weighted by Gasteiger charge is -2.07. The normalized spacial score (nSPS) is 9.09. The summed E-state index contributed by atoms with van der Waals surface area (Å²) in [6.07, 6.45) is 0. The zero-order valence-electron chi connectivity index (χ0n) is 5.51. The van der Waals surface area contributed by atoms with Gasteiger partial charge >= 0.3 is 0 Å². The molecule has 0 aliphatic heterocycles. The average molecular weight is 169 g/mol. The number of nitrogens with zero attached hydrogens (tertiary/aromatic N) is 2. The van der Waals surface area contributed by atoms with Crippen molar-refractivity contribution in [3.05, 3.63) is 45.3 Å². The highest BCUT2D eigenvalue weighted by Gasteiger charge is 1.84. The molecule has 11 heavy (non-hydrogen) atoms. The molecule has 0 aliphatic carbocycles. The molecule has 0 saturated carbocycles. The van der Waals surface area contributed by atoms with Crippen LogP contribution in [0.25, 0.3) is 4.83 Å². The largest absolute Gasteiger partial charge is 0.316 e. The Hall–Kier alpha value is -1.23. The summed E-state index contributed by atoms with van der Waals surface area (Å²) >= 11 is 0.854. The molecule has 0 saturated heterocycles. The monoisotopic (exact) mass is 169 g/mol. The second-order valence-electron chi connectivity index (χ2n) is 1.72. The van der Waals surface area contributed by atoms with Gasteiger partial charge < -0.3 is 4.83 Å². The minimum absolute atomic E-state index is 0.711. The van der Waals surface area contributed by atoms with Crippen molar-refractivity contribution in [2.45, 2.75) is 4.90 Å². The first-order valence-corrected chi connectivity index (χ1v) is 3.64. The summed E-state index contributed by atoms with van der Waals surface area (Å²) in [7, 11) is 0. The molecular weight excluding hydrogens is 164 g/mol. The van der Waals surface area contributed by atoms with Gasteiger partial charge in [-0.15, -0.1) is 0 Å². The maximum Gasteiger partial charge on any atom is -0.00385 e. The maximum atomic E-state index is 9.79. The summed E-state index contributed by atoms with van der Waals surface area (Å²) < 4.78 is 0. The molecule has 0 spiro atoms. The lowest BCUT2D eigenvalue weighted by Crippen LogP contribution is -1.82. The summed E-state index contributed by atoms with van der Waals surface area (Å²) in [4.78, 5) is 13.6. The van der Waals surface area contributed by atoms with Crippen LogP contribution in [0.4, 0.5) is 0 Å². The van der Waals surface area contributed by atoms with Gasteiger partial charge in [-0.3, -0.25) is 10.1 Å². The standard InChI is InChI=1S/C6H5N2O2S/c9-8(10)7-11-6-4-2-1-3-5-6/h1-5H/q-1. The van der Waals surface area contributed by atoms with Gasteiger partial charge in [0, 0.05) is 0 Å². The van der Waals surface area contributed by atoms with Crippen molar-refractivity contribution in [1.82, 2.24) is 0 Å². The van der Waals surface area contributed by atoms with E-state index in [2.05, 4.69) is 4.83 Å². The Kier molecular flexibility index (Phi) is 2.74. The molecule has 0 unspecified atom stereocenters. The van der Waals surface area contributed by atoms with Gasteiger partial charge in [0.1, 0.15) is 0 Å². The van der Waals surface area contributed by atoms with Crippen LogP contribution in [0.1, 0.15) is 0 Å².